The lowest BCUT2D eigenvalue weighted by molar-refractivity contribution is -0.139. The summed E-state index contributed by atoms with van der Waals surface area (Å²) < 4.78 is 0. The number of aliphatic hydroxyl groups excluding tert-OH is 1. The Morgan fingerprint density at radius 1 is 1.24 bits per heavy atom. The van der Waals surface area contributed by atoms with Gasteiger partial charge in [-0.15, -0.1) is 0 Å². The smallest absolute Gasteiger partial charge is 0.326 e. The molecule has 0 aliphatic carbocycles. The molecule has 3 N–H and O–H groups in total. The number of aliphatic hydroxyl groups is 1. The summed E-state index contributed by atoms with van der Waals surface area (Å²) >= 11 is 0. The second-order valence-electron chi connectivity index (χ2n) is 3.60. The maximum atomic E-state index is 11.7. The quantitative estimate of drug-likeness (QED) is 0.677. The summed E-state index contributed by atoms with van der Waals surface area (Å²) in [6.07, 6.45) is 0.552. The lowest BCUT2D eigenvalue weighted by Gasteiger charge is -2.13. The molecule has 1 aromatic carbocycles. The number of hydrogen-bond donors (Lipinski definition) is 3. The molecule has 0 heterocycles. The Morgan fingerprint density at radius 3 is 2.41 bits per heavy atom. The summed E-state index contributed by atoms with van der Waals surface area (Å²) in [7, 11) is 0. The van der Waals surface area contributed by atoms with Crippen molar-refractivity contribution in [2.75, 3.05) is 6.61 Å². The second-order valence-corrected chi connectivity index (χ2v) is 3.60. The van der Waals surface area contributed by atoms with E-state index in [1.807, 2.05) is 0 Å². The van der Waals surface area contributed by atoms with Crippen molar-refractivity contribution in [3.63, 3.8) is 0 Å². The highest BCUT2D eigenvalue weighted by Gasteiger charge is 2.19. The van der Waals surface area contributed by atoms with Gasteiger partial charge >= 0.3 is 5.97 Å². The number of benzene rings is 1. The number of carboxylic acids is 1. The largest absolute Gasteiger partial charge is 0.480 e. The Bertz CT molecular complexity index is 377. The Kier molecular flexibility index (Phi) is 5.16. The van der Waals surface area contributed by atoms with Crippen molar-refractivity contribution in [3.8, 4) is 0 Å². The molecule has 0 aliphatic rings. The molecule has 1 atom stereocenters. The van der Waals surface area contributed by atoms with Gasteiger partial charge < -0.3 is 15.5 Å². The SMILES string of the molecule is O=C(NC(CCCO)C(=O)O)c1ccccc1. The van der Waals surface area contributed by atoms with E-state index in [2.05, 4.69) is 5.32 Å². The second kappa shape index (κ2) is 6.65. The molecule has 0 aliphatic heterocycles. The summed E-state index contributed by atoms with van der Waals surface area (Å²) in [4.78, 5) is 22.6. The van der Waals surface area contributed by atoms with Gasteiger partial charge in [0.2, 0.25) is 0 Å². The van der Waals surface area contributed by atoms with E-state index in [1.54, 1.807) is 30.3 Å². The zero-order chi connectivity index (χ0) is 12.7. The van der Waals surface area contributed by atoms with Crippen LogP contribution in [0.25, 0.3) is 0 Å². The van der Waals surface area contributed by atoms with Crippen LogP contribution in [0.2, 0.25) is 0 Å². The Balaban J connectivity index is 2.61. The number of aliphatic carboxylic acids is 1. The van der Waals surface area contributed by atoms with Gasteiger partial charge in [-0.1, -0.05) is 18.2 Å². The monoisotopic (exact) mass is 237 g/mol. The average molecular weight is 237 g/mol. The van der Waals surface area contributed by atoms with Crippen LogP contribution in [0.1, 0.15) is 23.2 Å². The number of amides is 1. The first kappa shape index (κ1) is 13.2. The van der Waals surface area contributed by atoms with Crippen LogP contribution >= 0.6 is 0 Å². The molecular formula is C12H15NO4. The lowest BCUT2D eigenvalue weighted by atomic mass is 10.1. The van der Waals surface area contributed by atoms with Crippen LogP contribution < -0.4 is 5.32 Å². The van der Waals surface area contributed by atoms with Gasteiger partial charge in [-0.05, 0) is 25.0 Å². The molecule has 17 heavy (non-hydrogen) atoms. The molecule has 5 nitrogen and oxygen atoms in total. The van der Waals surface area contributed by atoms with Crippen molar-refractivity contribution in [1.82, 2.24) is 5.32 Å². The average Bonchev–Trinajstić information content (AvgIpc) is 2.35. The van der Waals surface area contributed by atoms with E-state index < -0.39 is 17.9 Å². The third-order valence-corrected chi connectivity index (χ3v) is 2.29. The minimum atomic E-state index is -1.09. The highest BCUT2D eigenvalue weighted by Crippen LogP contribution is 2.02. The van der Waals surface area contributed by atoms with Gasteiger partial charge in [0.15, 0.2) is 0 Å². The molecule has 0 fully saturated rings. The van der Waals surface area contributed by atoms with Gasteiger partial charge in [0, 0.05) is 12.2 Å². The predicted octanol–water partition coefficient (Wildman–Crippen LogP) is 0.642. The predicted molar refractivity (Wildman–Crippen MR) is 61.7 cm³/mol. The topological polar surface area (TPSA) is 86.6 Å². The van der Waals surface area contributed by atoms with E-state index in [4.69, 9.17) is 10.2 Å². The van der Waals surface area contributed by atoms with Crippen LogP contribution in [-0.4, -0.2) is 34.7 Å². The van der Waals surface area contributed by atoms with Crippen molar-refractivity contribution < 1.29 is 19.8 Å². The molecule has 0 aromatic heterocycles. The number of carboxylic acid groups (broad SMARTS) is 1. The summed E-state index contributed by atoms with van der Waals surface area (Å²) in [5, 5.41) is 20.0. The molecule has 5 heteroatoms. The lowest BCUT2D eigenvalue weighted by Crippen LogP contribution is -2.40. The third-order valence-electron chi connectivity index (χ3n) is 2.29. The van der Waals surface area contributed by atoms with Crippen molar-refractivity contribution in [3.05, 3.63) is 35.9 Å². The summed E-state index contributed by atoms with van der Waals surface area (Å²) in [5.41, 5.74) is 0.419. The van der Waals surface area contributed by atoms with E-state index in [1.165, 1.54) is 0 Å². The van der Waals surface area contributed by atoms with Gasteiger partial charge in [0.25, 0.3) is 5.91 Å². The maximum absolute atomic E-state index is 11.7. The summed E-state index contributed by atoms with van der Waals surface area (Å²) in [6.45, 7) is -0.0923. The highest BCUT2D eigenvalue weighted by atomic mass is 16.4. The van der Waals surface area contributed by atoms with Crippen LogP contribution in [0.4, 0.5) is 0 Å². The Morgan fingerprint density at radius 2 is 1.88 bits per heavy atom. The molecule has 0 saturated heterocycles. The van der Waals surface area contributed by atoms with E-state index in [0.717, 1.165) is 0 Å². The fraction of sp³-hybridized carbons (Fsp3) is 0.333. The van der Waals surface area contributed by atoms with Gasteiger partial charge in [0.05, 0.1) is 0 Å². The van der Waals surface area contributed by atoms with Crippen LogP contribution in [0, 0.1) is 0 Å². The zero-order valence-corrected chi connectivity index (χ0v) is 9.30. The molecule has 0 radical (unpaired) electrons. The Hall–Kier alpha value is -1.88. The molecule has 92 valence electrons. The molecule has 0 spiro atoms. The highest BCUT2D eigenvalue weighted by molar-refractivity contribution is 5.96. The standard InChI is InChI=1S/C12H15NO4/c14-8-4-7-10(12(16)17)13-11(15)9-5-2-1-3-6-9/h1-3,5-6,10,14H,4,7-8H2,(H,13,15)(H,16,17). The first-order valence-electron chi connectivity index (χ1n) is 5.34. The number of carbonyl (C=O) groups is 2. The zero-order valence-electron chi connectivity index (χ0n) is 9.30. The number of rotatable bonds is 6. The minimum Gasteiger partial charge on any atom is -0.480 e. The molecule has 1 rings (SSSR count). The fourth-order valence-electron chi connectivity index (χ4n) is 1.38. The fourth-order valence-corrected chi connectivity index (χ4v) is 1.38. The summed E-state index contributed by atoms with van der Waals surface area (Å²) in [5.74, 6) is -1.52. The molecule has 1 aromatic rings. The van der Waals surface area contributed by atoms with E-state index in [9.17, 15) is 9.59 Å². The summed E-state index contributed by atoms with van der Waals surface area (Å²) in [6, 6.07) is 7.45. The van der Waals surface area contributed by atoms with Crippen molar-refractivity contribution in [1.29, 1.82) is 0 Å². The van der Waals surface area contributed by atoms with Crippen LogP contribution in [0.5, 0.6) is 0 Å². The van der Waals surface area contributed by atoms with Crippen LogP contribution in [-0.2, 0) is 4.79 Å². The number of nitrogens with one attached hydrogen (secondary N) is 1. The van der Waals surface area contributed by atoms with Crippen LogP contribution in [0.15, 0.2) is 30.3 Å². The normalized spacial score (nSPS) is 11.8. The minimum absolute atomic E-state index is 0.0923. The van der Waals surface area contributed by atoms with E-state index in [0.29, 0.717) is 12.0 Å². The van der Waals surface area contributed by atoms with Crippen LogP contribution in [0.3, 0.4) is 0 Å². The molecule has 1 unspecified atom stereocenters. The van der Waals surface area contributed by atoms with Gasteiger partial charge in [-0.3, -0.25) is 4.79 Å². The van der Waals surface area contributed by atoms with E-state index in [-0.39, 0.29) is 13.0 Å². The number of carbonyl (C=O) groups excluding carboxylic acids is 1. The third kappa shape index (κ3) is 4.24. The Labute approximate surface area is 99.1 Å². The van der Waals surface area contributed by atoms with E-state index >= 15 is 0 Å². The molecule has 1 amide bonds. The molecule has 0 bridgehead atoms. The first-order valence-corrected chi connectivity index (χ1v) is 5.34. The van der Waals surface area contributed by atoms with Crippen molar-refractivity contribution in [2.45, 2.75) is 18.9 Å². The first-order chi connectivity index (χ1) is 8.15. The van der Waals surface area contributed by atoms with Crippen molar-refractivity contribution in [2.24, 2.45) is 0 Å². The van der Waals surface area contributed by atoms with Gasteiger partial charge in [-0.25, -0.2) is 4.79 Å². The van der Waals surface area contributed by atoms with Crippen molar-refractivity contribution >= 4 is 11.9 Å². The molecule has 0 saturated carbocycles. The molecular weight excluding hydrogens is 222 g/mol. The number of hydrogen-bond acceptors (Lipinski definition) is 3. The van der Waals surface area contributed by atoms with Gasteiger partial charge in [0.1, 0.15) is 6.04 Å². The van der Waals surface area contributed by atoms with Gasteiger partial charge in [-0.2, -0.15) is 0 Å². The maximum Gasteiger partial charge on any atom is 0.326 e.